The number of rotatable bonds is 5. The van der Waals surface area contributed by atoms with Gasteiger partial charge < -0.3 is 9.67 Å². The molecule has 0 saturated heterocycles. The average molecular weight is 317 g/mol. The summed E-state index contributed by atoms with van der Waals surface area (Å²) in [6.07, 6.45) is 0. The number of halogens is 3. The molecule has 0 spiro atoms. The van der Waals surface area contributed by atoms with Gasteiger partial charge in [-0.3, -0.25) is 4.79 Å². The highest BCUT2D eigenvalue weighted by Gasteiger charge is 2.21. The van der Waals surface area contributed by atoms with Crippen LogP contribution < -0.4 is 0 Å². The van der Waals surface area contributed by atoms with Crippen LogP contribution in [-0.2, 0) is 11.3 Å². The number of benzene rings is 1. The second-order valence-electron chi connectivity index (χ2n) is 3.96. The molecule has 0 unspecified atom stereocenters. The van der Waals surface area contributed by atoms with Gasteiger partial charge in [0.1, 0.15) is 0 Å². The first-order chi connectivity index (χ1) is 9.95. The Morgan fingerprint density at radius 1 is 1.29 bits per heavy atom. The third-order valence-electron chi connectivity index (χ3n) is 2.63. The second-order valence-corrected chi connectivity index (χ2v) is 4.90. The fourth-order valence-electron chi connectivity index (χ4n) is 1.70. The Balaban J connectivity index is 2.45. The molecule has 0 atom stereocenters. The van der Waals surface area contributed by atoms with E-state index in [0.29, 0.717) is 6.54 Å². The first-order valence-corrected chi connectivity index (χ1v) is 6.86. The summed E-state index contributed by atoms with van der Waals surface area (Å²) in [5.41, 5.74) is -0.231. The largest absolute Gasteiger partial charge is 0.481 e. The van der Waals surface area contributed by atoms with Crippen LogP contribution in [0.3, 0.4) is 0 Å². The molecule has 112 valence electrons. The average Bonchev–Trinajstić information content (AvgIpc) is 2.85. The van der Waals surface area contributed by atoms with E-state index in [4.69, 9.17) is 5.11 Å². The van der Waals surface area contributed by atoms with E-state index in [-0.39, 0.29) is 22.3 Å². The molecule has 1 aromatic heterocycles. The quantitative estimate of drug-likeness (QED) is 0.678. The maximum atomic E-state index is 13.8. The van der Waals surface area contributed by atoms with E-state index in [1.54, 1.807) is 6.92 Å². The third kappa shape index (κ3) is 3.02. The van der Waals surface area contributed by atoms with Crippen LogP contribution in [0.1, 0.15) is 6.92 Å². The molecule has 0 radical (unpaired) electrons. The zero-order valence-corrected chi connectivity index (χ0v) is 11.6. The van der Waals surface area contributed by atoms with E-state index in [1.165, 1.54) is 4.57 Å². The normalized spacial score (nSPS) is 10.9. The van der Waals surface area contributed by atoms with Gasteiger partial charge in [0.15, 0.2) is 28.4 Å². The summed E-state index contributed by atoms with van der Waals surface area (Å²) < 4.78 is 41.5. The highest BCUT2D eigenvalue weighted by molar-refractivity contribution is 7.99. The van der Waals surface area contributed by atoms with E-state index in [1.807, 2.05) is 0 Å². The number of carboxylic acids is 1. The summed E-state index contributed by atoms with van der Waals surface area (Å²) in [5, 5.41) is 16.4. The van der Waals surface area contributed by atoms with Crippen molar-refractivity contribution in [1.82, 2.24) is 14.8 Å². The van der Waals surface area contributed by atoms with Gasteiger partial charge in [-0.1, -0.05) is 11.8 Å². The van der Waals surface area contributed by atoms with Crippen molar-refractivity contribution >= 4 is 17.7 Å². The molecular weight excluding hydrogens is 307 g/mol. The van der Waals surface area contributed by atoms with Gasteiger partial charge in [-0.25, -0.2) is 13.2 Å². The summed E-state index contributed by atoms with van der Waals surface area (Å²) in [5.74, 6) is -5.49. The number of nitrogens with zero attached hydrogens (tertiary/aromatic N) is 3. The Kier molecular flexibility index (Phi) is 4.51. The van der Waals surface area contributed by atoms with Gasteiger partial charge in [0.25, 0.3) is 0 Å². The molecule has 0 saturated carbocycles. The number of aliphatic carboxylic acids is 1. The van der Waals surface area contributed by atoms with E-state index in [0.717, 1.165) is 23.9 Å². The van der Waals surface area contributed by atoms with E-state index in [2.05, 4.69) is 10.2 Å². The number of hydrogen-bond acceptors (Lipinski definition) is 4. The van der Waals surface area contributed by atoms with Crippen LogP contribution in [0.5, 0.6) is 0 Å². The summed E-state index contributed by atoms with van der Waals surface area (Å²) >= 11 is 0.908. The molecule has 0 aliphatic rings. The minimum Gasteiger partial charge on any atom is -0.481 e. The Hall–Kier alpha value is -2.03. The monoisotopic (exact) mass is 317 g/mol. The van der Waals surface area contributed by atoms with Crippen LogP contribution in [-0.4, -0.2) is 31.6 Å². The van der Waals surface area contributed by atoms with E-state index < -0.39 is 23.4 Å². The molecule has 0 aliphatic carbocycles. The predicted octanol–water partition coefficient (Wildman–Crippen LogP) is 2.56. The Morgan fingerprint density at radius 2 is 2.00 bits per heavy atom. The molecule has 5 nitrogen and oxygen atoms in total. The van der Waals surface area contributed by atoms with Gasteiger partial charge in [-0.2, -0.15) is 0 Å². The lowest BCUT2D eigenvalue weighted by atomic mass is 10.2. The van der Waals surface area contributed by atoms with E-state index >= 15 is 0 Å². The number of aromatic nitrogens is 3. The van der Waals surface area contributed by atoms with Crippen LogP contribution in [0.25, 0.3) is 11.4 Å². The van der Waals surface area contributed by atoms with Crippen molar-refractivity contribution < 1.29 is 23.1 Å². The van der Waals surface area contributed by atoms with Crippen LogP contribution in [0, 0.1) is 17.5 Å². The van der Waals surface area contributed by atoms with Gasteiger partial charge in [-0.05, 0) is 19.1 Å². The molecule has 0 bridgehead atoms. The molecule has 2 rings (SSSR count). The topological polar surface area (TPSA) is 68.0 Å². The summed E-state index contributed by atoms with van der Waals surface area (Å²) in [7, 11) is 0. The molecule has 1 N–H and O–H groups in total. The SMILES string of the molecule is CCn1c(SCC(=O)O)nnc1-c1ccc(F)c(F)c1F. The van der Waals surface area contributed by atoms with Gasteiger partial charge in [0.05, 0.1) is 11.3 Å². The highest BCUT2D eigenvalue weighted by atomic mass is 32.2. The molecule has 0 aliphatic heterocycles. The van der Waals surface area contributed by atoms with Crippen molar-refractivity contribution in [1.29, 1.82) is 0 Å². The van der Waals surface area contributed by atoms with Gasteiger partial charge >= 0.3 is 5.97 Å². The molecule has 0 amide bonds. The zero-order chi connectivity index (χ0) is 15.6. The molecular formula is C12H10F3N3O2S. The Morgan fingerprint density at radius 3 is 2.62 bits per heavy atom. The molecule has 1 heterocycles. The number of thioether (sulfide) groups is 1. The molecule has 9 heteroatoms. The lowest BCUT2D eigenvalue weighted by Gasteiger charge is -2.08. The Labute approximate surface area is 121 Å². The van der Waals surface area contributed by atoms with Crippen molar-refractivity contribution in [3.63, 3.8) is 0 Å². The zero-order valence-electron chi connectivity index (χ0n) is 10.8. The maximum Gasteiger partial charge on any atom is 0.313 e. The smallest absolute Gasteiger partial charge is 0.313 e. The third-order valence-corrected chi connectivity index (χ3v) is 3.59. The number of carboxylic acid groups (broad SMARTS) is 1. The van der Waals surface area contributed by atoms with Crippen LogP contribution in [0.15, 0.2) is 17.3 Å². The molecule has 1 aromatic carbocycles. The van der Waals surface area contributed by atoms with E-state index in [9.17, 15) is 18.0 Å². The van der Waals surface area contributed by atoms with Crippen LogP contribution in [0.2, 0.25) is 0 Å². The van der Waals surface area contributed by atoms with Crippen molar-refractivity contribution in [3.05, 3.63) is 29.6 Å². The van der Waals surface area contributed by atoms with Crippen molar-refractivity contribution in [2.45, 2.75) is 18.6 Å². The van der Waals surface area contributed by atoms with Crippen molar-refractivity contribution in [3.8, 4) is 11.4 Å². The maximum absolute atomic E-state index is 13.8. The Bertz CT molecular complexity index is 691. The summed E-state index contributed by atoms with van der Waals surface area (Å²) in [6.45, 7) is 2.04. The minimum absolute atomic E-state index is 0.0155. The van der Waals surface area contributed by atoms with Crippen molar-refractivity contribution in [2.75, 3.05) is 5.75 Å². The number of carbonyl (C=O) groups is 1. The first-order valence-electron chi connectivity index (χ1n) is 5.87. The molecule has 21 heavy (non-hydrogen) atoms. The predicted molar refractivity (Wildman–Crippen MR) is 69.4 cm³/mol. The first kappa shape index (κ1) is 15.4. The van der Waals surface area contributed by atoms with Gasteiger partial charge in [-0.15, -0.1) is 10.2 Å². The fourth-order valence-corrected chi connectivity index (χ4v) is 2.43. The van der Waals surface area contributed by atoms with Crippen LogP contribution in [0.4, 0.5) is 13.2 Å². The summed E-state index contributed by atoms with van der Waals surface area (Å²) in [4.78, 5) is 10.6. The fraction of sp³-hybridized carbons (Fsp3) is 0.250. The minimum atomic E-state index is -1.59. The molecule has 0 fully saturated rings. The summed E-state index contributed by atoms with van der Waals surface area (Å²) in [6, 6.07) is 1.86. The number of hydrogen-bond donors (Lipinski definition) is 1. The van der Waals surface area contributed by atoms with Crippen molar-refractivity contribution in [2.24, 2.45) is 0 Å². The lowest BCUT2D eigenvalue weighted by molar-refractivity contribution is -0.133. The lowest BCUT2D eigenvalue weighted by Crippen LogP contribution is -2.04. The highest BCUT2D eigenvalue weighted by Crippen LogP contribution is 2.27. The second kappa shape index (κ2) is 6.17. The van der Waals surface area contributed by atoms with Crippen LogP contribution >= 0.6 is 11.8 Å². The van der Waals surface area contributed by atoms with Gasteiger partial charge in [0.2, 0.25) is 0 Å². The van der Waals surface area contributed by atoms with Gasteiger partial charge in [0, 0.05) is 6.54 Å². The molecule has 2 aromatic rings. The standard InChI is InChI=1S/C12H10F3N3O2S/c1-2-18-11(16-17-12(18)21-5-8(19)20)6-3-4-7(13)10(15)9(6)14/h3-4H,2,5H2,1H3,(H,19,20).